The van der Waals surface area contributed by atoms with E-state index in [1.807, 2.05) is 0 Å². The molecule has 0 aliphatic carbocycles. The highest BCUT2D eigenvalue weighted by Crippen LogP contribution is 2.37. The fourth-order valence-electron chi connectivity index (χ4n) is 6.08. The quantitative estimate of drug-likeness (QED) is 0.0218. The van der Waals surface area contributed by atoms with Crippen molar-refractivity contribution >= 4 is 35.3 Å². The smallest absolute Gasteiger partial charge is 0.339 e. The van der Waals surface area contributed by atoms with Crippen molar-refractivity contribution in [2.24, 2.45) is 0 Å². The summed E-state index contributed by atoms with van der Waals surface area (Å²) in [6, 6.07) is 12.8. The van der Waals surface area contributed by atoms with Crippen LogP contribution in [0, 0.1) is 10.1 Å². The summed E-state index contributed by atoms with van der Waals surface area (Å²) >= 11 is 0. The highest BCUT2D eigenvalue weighted by molar-refractivity contribution is 6.04. The maximum Gasteiger partial charge on any atom is 0.339 e. The number of carbonyl (C=O) groups is 4. The minimum atomic E-state index is -1.33. The number of nitro groups is 1. The summed E-state index contributed by atoms with van der Waals surface area (Å²) in [5, 5.41) is 30.2. The van der Waals surface area contributed by atoms with Crippen molar-refractivity contribution in [1.82, 2.24) is 0 Å². The second-order valence-corrected chi connectivity index (χ2v) is 13.5. The molecule has 13 nitrogen and oxygen atoms in total. The number of anilines is 1. The molecule has 0 atom stereocenters. The maximum absolute atomic E-state index is 12.6. The molecule has 0 aromatic heterocycles. The Labute approximate surface area is 322 Å². The van der Waals surface area contributed by atoms with Crippen LogP contribution in [0.1, 0.15) is 151 Å². The van der Waals surface area contributed by atoms with E-state index in [1.54, 1.807) is 24.3 Å². The molecule has 0 fully saturated rings. The van der Waals surface area contributed by atoms with Crippen molar-refractivity contribution in [2.45, 2.75) is 110 Å². The highest BCUT2D eigenvalue weighted by Gasteiger charge is 2.21. The number of nitrogen functional groups attached to an aromatic ring is 1. The van der Waals surface area contributed by atoms with Gasteiger partial charge in [-0.15, -0.1) is 0 Å². The first-order chi connectivity index (χ1) is 26.5. The summed E-state index contributed by atoms with van der Waals surface area (Å²) in [5.41, 5.74) is 7.21. The molecule has 0 radical (unpaired) electrons. The molecule has 0 unspecified atom stereocenters. The zero-order valence-corrected chi connectivity index (χ0v) is 31.7. The number of hydrogen-bond acceptors (Lipinski definition) is 10. The van der Waals surface area contributed by atoms with Crippen LogP contribution in [0.4, 0.5) is 11.4 Å². The third kappa shape index (κ3) is 15.1. The predicted octanol–water partition coefficient (Wildman–Crippen LogP) is 9.89. The first kappa shape index (κ1) is 43.9. The predicted molar refractivity (Wildman–Crippen MR) is 209 cm³/mol. The molecular weight excluding hydrogens is 708 g/mol. The van der Waals surface area contributed by atoms with Crippen LogP contribution < -0.4 is 10.5 Å². The van der Waals surface area contributed by atoms with Crippen molar-refractivity contribution in [2.75, 3.05) is 25.6 Å². The number of esters is 2. The van der Waals surface area contributed by atoms with Gasteiger partial charge in [0, 0.05) is 23.4 Å². The topological polar surface area (TPSA) is 206 Å². The Morgan fingerprint density at radius 2 is 1.13 bits per heavy atom. The molecule has 0 aliphatic rings. The van der Waals surface area contributed by atoms with E-state index in [-0.39, 0.29) is 34.7 Å². The maximum atomic E-state index is 12.6. The number of carboxylic acid groups (broad SMARTS) is 2. The van der Waals surface area contributed by atoms with Gasteiger partial charge in [-0.1, -0.05) is 103 Å². The first-order valence-corrected chi connectivity index (χ1v) is 19.3. The molecule has 0 bridgehead atoms. The molecule has 4 N–H and O–H groups in total. The fraction of sp³-hybridized carbons (Fsp3) is 0.476. The van der Waals surface area contributed by atoms with Gasteiger partial charge in [0.05, 0.1) is 47.0 Å². The minimum Gasteiger partial charge on any atom is -0.487 e. The second-order valence-electron chi connectivity index (χ2n) is 13.5. The highest BCUT2D eigenvalue weighted by atomic mass is 16.6. The van der Waals surface area contributed by atoms with Gasteiger partial charge < -0.3 is 30.2 Å². The van der Waals surface area contributed by atoms with E-state index in [4.69, 9.17) is 25.1 Å². The molecule has 298 valence electrons. The Balaban J connectivity index is 1.26. The molecule has 0 aliphatic heterocycles. The lowest BCUT2D eigenvalue weighted by Crippen LogP contribution is -2.14. The number of carbonyl (C=O) groups excluding carboxylic acids is 2. The van der Waals surface area contributed by atoms with Crippen molar-refractivity contribution in [3.8, 4) is 16.9 Å². The van der Waals surface area contributed by atoms with Gasteiger partial charge in [0.1, 0.15) is 0 Å². The molecule has 3 rings (SSSR count). The molecule has 0 saturated heterocycles. The molecule has 3 aromatic carbocycles. The number of carboxylic acids is 2. The van der Waals surface area contributed by atoms with Gasteiger partial charge in [0.25, 0.3) is 0 Å². The molecule has 0 saturated carbocycles. The van der Waals surface area contributed by atoms with Crippen LogP contribution in [0.5, 0.6) is 5.75 Å². The Hall–Kier alpha value is -5.46. The molecule has 13 heteroatoms. The number of ether oxygens (including phenoxy) is 3. The lowest BCUT2D eigenvalue weighted by molar-refractivity contribution is -0.385. The minimum absolute atomic E-state index is 0.122. The lowest BCUT2D eigenvalue weighted by Gasteiger charge is -2.12. The molecular formula is C42H54N2O11. The average molecular weight is 763 g/mol. The number of aromatic carboxylic acids is 2. The lowest BCUT2D eigenvalue weighted by atomic mass is 10.0. The Morgan fingerprint density at radius 3 is 1.65 bits per heavy atom. The summed E-state index contributed by atoms with van der Waals surface area (Å²) in [4.78, 5) is 58.9. The van der Waals surface area contributed by atoms with Crippen molar-refractivity contribution in [3.05, 3.63) is 87.0 Å². The average Bonchev–Trinajstić information content (AvgIpc) is 3.17. The number of unbranched alkanes of at least 4 members (excludes halogenated alkanes) is 14. The van der Waals surface area contributed by atoms with E-state index < -0.39 is 28.8 Å². The SMILES string of the molecule is CCCCCCCCOc1cc(N)c(-c2ccc(C(=O)OCCCCCCCCCCCCOC(=O)c3cc(C(=O)O)ccc3C(=O)O)cc2)cc1[N+](=O)[O-]. The largest absolute Gasteiger partial charge is 0.487 e. The summed E-state index contributed by atoms with van der Waals surface area (Å²) in [5.74, 6) is -3.73. The summed E-state index contributed by atoms with van der Waals surface area (Å²) in [7, 11) is 0. The van der Waals surface area contributed by atoms with Crippen molar-refractivity contribution < 1.29 is 48.5 Å². The molecule has 0 heterocycles. The van der Waals surface area contributed by atoms with E-state index in [0.717, 1.165) is 95.2 Å². The van der Waals surface area contributed by atoms with Crippen LogP contribution in [0.25, 0.3) is 11.1 Å². The van der Waals surface area contributed by atoms with Crippen LogP contribution in [0.3, 0.4) is 0 Å². The zero-order chi connectivity index (χ0) is 40.0. The number of nitrogens with two attached hydrogens (primary N) is 1. The van der Waals surface area contributed by atoms with Gasteiger partial charge in [-0.05, 0) is 55.2 Å². The van der Waals surface area contributed by atoms with E-state index >= 15 is 0 Å². The van der Waals surface area contributed by atoms with Gasteiger partial charge in [-0.2, -0.15) is 0 Å². The summed E-state index contributed by atoms with van der Waals surface area (Å²) in [6.07, 6.45) is 15.9. The van der Waals surface area contributed by atoms with E-state index in [9.17, 15) is 34.4 Å². The van der Waals surface area contributed by atoms with Crippen LogP contribution in [0.15, 0.2) is 54.6 Å². The molecule has 55 heavy (non-hydrogen) atoms. The van der Waals surface area contributed by atoms with E-state index in [0.29, 0.717) is 42.0 Å². The van der Waals surface area contributed by atoms with E-state index in [1.165, 1.54) is 31.4 Å². The molecule has 0 spiro atoms. The van der Waals surface area contributed by atoms with Crippen LogP contribution in [0.2, 0.25) is 0 Å². The Kier molecular flexibility index (Phi) is 19.2. The standard InChI is InChI=1S/C42H54N2O11/c1-2-3-4-5-12-15-24-53-38-29-36(43)34(28-37(38)44(51)52)30-18-20-31(21-19-30)41(49)54-25-16-13-10-8-6-7-9-11-14-17-26-55-42(50)35-27-32(39(45)46)22-23-33(35)40(47)48/h18-23,27-29H,2-17,24-26,43H2,1H3,(H,45,46)(H,47,48). The normalized spacial score (nSPS) is 10.9. The van der Waals surface area contributed by atoms with Crippen LogP contribution in [-0.2, 0) is 9.47 Å². The number of rotatable bonds is 27. The fourth-order valence-corrected chi connectivity index (χ4v) is 6.08. The van der Waals surface area contributed by atoms with Gasteiger partial charge in [0.15, 0.2) is 5.75 Å². The summed E-state index contributed by atoms with van der Waals surface area (Å²) < 4.78 is 16.4. The summed E-state index contributed by atoms with van der Waals surface area (Å²) in [6.45, 7) is 2.98. The third-order valence-corrected chi connectivity index (χ3v) is 9.24. The first-order valence-electron chi connectivity index (χ1n) is 19.3. The number of nitrogens with zero attached hydrogens (tertiary/aromatic N) is 1. The Morgan fingerprint density at radius 1 is 0.618 bits per heavy atom. The Bertz CT molecular complexity index is 1720. The van der Waals surface area contributed by atoms with Crippen molar-refractivity contribution in [3.63, 3.8) is 0 Å². The monoisotopic (exact) mass is 762 g/mol. The van der Waals surface area contributed by atoms with Crippen LogP contribution >= 0.6 is 0 Å². The van der Waals surface area contributed by atoms with E-state index in [2.05, 4.69) is 6.92 Å². The van der Waals surface area contributed by atoms with Gasteiger partial charge in [0.2, 0.25) is 0 Å². The van der Waals surface area contributed by atoms with Gasteiger partial charge in [-0.25, -0.2) is 19.2 Å². The van der Waals surface area contributed by atoms with Crippen molar-refractivity contribution in [1.29, 1.82) is 0 Å². The zero-order valence-electron chi connectivity index (χ0n) is 31.7. The van der Waals surface area contributed by atoms with Gasteiger partial charge in [-0.3, -0.25) is 10.1 Å². The van der Waals surface area contributed by atoms with Gasteiger partial charge >= 0.3 is 29.6 Å². The molecule has 0 amide bonds. The number of nitro benzene ring substituents is 1. The number of hydrogen-bond donors (Lipinski definition) is 3. The third-order valence-electron chi connectivity index (χ3n) is 9.24. The molecule has 3 aromatic rings. The number of benzene rings is 3. The van der Waals surface area contributed by atoms with Crippen LogP contribution in [-0.4, -0.2) is 58.8 Å². The second kappa shape index (κ2) is 24.0.